The van der Waals surface area contributed by atoms with Gasteiger partial charge in [-0.05, 0) is 43.0 Å². The second kappa shape index (κ2) is 10.8. The van der Waals surface area contributed by atoms with Gasteiger partial charge in [-0.25, -0.2) is 5.43 Å². The normalized spacial score (nSPS) is 12.0. The minimum atomic E-state index is -0.746. The van der Waals surface area contributed by atoms with Crippen molar-refractivity contribution in [3.8, 4) is 11.5 Å². The van der Waals surface area contributed by atoms with E-state index in [0.717, 1.165) is 5.56 Å². The van der Waals surface area contributed by atoms with Crippen molar-refractivity contribution in [1.82, 2.24) is 10.7 Å². The lowest BCUT2D eigenvalue weighted by Crippen LogP contribution is -2.47. The Bertz CT molecular complexity index is 865. The van der Waals surface area contributed by atoms with Crippen LogP contribution >= 0.6 is 0 Å². The van der Waals surface area contributed by atoms with Gasteiger partial charge < -0.3 is 15.2 Å². The molecule has 29 heavy (non-hydrogen) atoms. The van der Waals surface area contributed by atoms with E-state index in [1.807, 2.05) is 39.0 Å². The summed E-state index contributed by atoms with van der Waals surface area (Å²) >= 11 is 0. The van der Waals surface area contributed by atoms with Crippen molar-refractivity contribution >= 4 is 18.0 Å². The highest BCUT2D eigenvalue weighted by molar-refractivity contribution is 5.89. The van der Waals surface area contributed by atoms with Gasteiger partial charge in [0.25, 0.3) is 11.8 Å². The molecule has 3 N–H and O–H groups in total. The number of para-hydroxylation sites is 2. The van der Waals surface area contributed by atoms with Gasteiger partial charge in [-0.1, -0.05) is 44.2 Å². The van der Waals surface area contributed by atoms with Crippen molar-refractivity contribution in [3.05, 3.63) is 59.7 Å². The van der Waals surface area contributed by atoms with Gasteiger partial charge in [-0.15, -0.1) is 0 Å². The second-order valence-electron chi connectivity index (χ2n) is 7.10. The lowest BCUT2D eigenvalue weighted by molar-refractivity contribution is -0.130. The zero-order chi connectivity index (χ0) is 21.2. The molecular formula is C22H27N3O4. The molecule has 0 spiro atoms. The van der Waals surface area contributed by atoms with E-state index < -0.39 is 17.9 Å². The molecule has 2 rings (SSSR count). The number of ether oxygens (including phenoxy) is 1. The first kappa shape index (κ1) is 21.9. The quantitative estimate of drug-likeness (QED) is 0.447. The first-order valence-corrected chi connectivity index (χ1v) is 9.45. The molecule has 2 aromatic rings. The molecule has 0 aliphatic carbocycles. The molecule has 0 bridgehead atoms. The lowest BCUT2D eigenvalue weighted by Gasteiger charge is -2.19. The maximum absolute atomic E-state index is 12.5. The molecule has 0 unspecified atom stereocenters. The van der Waals surface area contributed by atoms with Crippen molar-refractivity contribution in [2.75, 3.05) is 6.61 Å². The first-order chi connectivity index (χ1) is 13.9. The van der Waals surface area contributed by atoms with E-state index >= 15 is 0 Å². The number of rotatable bonds is 9. The summed E-state index contributed by atoms with van der Waals surface area (Å²) in [4.78, 5) is 24.8. The standard InChI is InChI=1S/C22H27N3O4/c1-15(2)12-18(22(28)25-23-13-17-9-5-6-10-19(17)26)24-21(27)14-29-20-11-7-4-8-16(20)3/h4-11,13,15,18,26H,12,14H2,1-3H3,(H,24,27)(H,25,28)/b23-13-/t18-/m1/s1. The molecule has 0 aliphatic heterocycles. The molecular weight excluding hydrogens is 370 g/mol. The lowest BCUT2D eigenvalue weighted by atomic mass is 10.0. The molecule has 0 saturated heterocycles. The SMILES string of the molecule is Cc1ccccc1OCC(=O)N[C@H](CC(C)C)C(=O)N/N=C\c1ccccc1O. The van der Waals surface area contributed by atoms with Crippen molar-refractivity contribution in [2.45, 2.75) is 33.2 Å². The smallest absolute Gasteiger partial charge is 0.262 e. The molecule has 2 amide bonds. The van der Waals surface area contributed by atoms with Crippen molar-refractivity contribution in [3.63, 3.8) is 0 Å². The van der Waals surface area contributed by atoms with Gasteiger partial charge in [-0.3, -0.25) is 9.59 Å². The number of aromatic hydroxyl groups is 1. The topological polar surface area (TPSA) is 100 Å². The molecule has 0 radical (unpaired) electrons. The third kappa shape index (κ3) is 7.29. The molecule has 0 aromatic heterocycles. The third-order valence-corrected chi connectivity index (χ3v) is 4.13. The van der Waals surface area contributed by atoms with Crippen LogP contribution in [0.15, 0.2) is 53.6 Å². The van der Waals surface area contributed by atoms with Crippen LogP contribution in [0.25, 0.3) is 0 Å². The van der Waals surface area contributed by atoms with Crippen molar-refractivity contribution in [2.24, 2.45) is 11.0 Å². The number of carbonyl (C=O) groups excluding carboxylic acids is 2. The van der Waals surface area contributed by atoms with Crippen molar-refractivity contribution in [1.29, 1.82) is 0 Å². The van der Waals surface area contributed by atoms with Crippen LogP contribution < -0.4 is 15.5 Å². The molecule has 0 fully saturated rings. The number of hydrogen-bond acceptors (Lipinski definition) is 5. The number of carbonyl (C=O) groups is 2. The highest BCUT2D eigenvalue weighted by Crippen LogP contribution is 2.16. The summed E-state index contributed by atoms with van der Waals surface area (Å²) < 4.78 is 5.54. The number of hydrazone groups is 1. The minimum Gasteiger partial charge on any atom is -0.507 e. The molecule has 0 heterocycles. The Kier molecular flexibility index (Phi) is 8.21. The summed E-state index contributed by atoms with van der Waals surface area (Å²) in [5.41, 5.74) is 3.82. The molecule has 154 valence electrons. The van der Waals surface area contributed by atoms with Crippen LogP contribution in [0.5, 0.6) is 11.5 Å². The molecule has 7 nitrogen and oxygen atoms in total. The fourth-order valence-corrected chi connectivity index (χ4v) is 2.64. The summed E-state index contributed by atoms with van der Waals surface area (Å²) in [6.07, 6.45) is 1.80. The van der Waals surface area contributed by atoms with Crippen LogP contribution in [0.4, 0.5) is 0 Å². The van der Waals surface area contributed by atoms with E-state index in [0.29, 0.717) is 17.7 Å². The van der Waals surface area contributed by atoms with Crippen LogP contribution in [-0.2, 0) is 9.59 Å². The van der Waals surface area contributed by atoms with E-state index in [4.69, 9.17) is 4.74 Å². The Hall–Kier alpha value is -3.35. The summed E-state index contributed by atoms with van der Waals surface area (Å²) in [5.74, 6) is 0.0458. The van der Waals surface area contributed by atoms with Crippen LogP contribution in [0.1, 0.15) is 31.4 Å². The van der Waals surface area contributed by atoms with Gasteiger partial charge in [0.15, 0.2) is 6.61 Å². The zero-order valence-electron chi connectivity index (χ0n) is 16.9. The van der Waals surface area contributed by atoms with E-state index in [2.05, 4.69) is 15.8 Å². The number of nitrogens with one attached hydrogen (secondary N) is 2. The summed E-state index contributed by atoms with van der Waals surface area (Å²) in [6.45, 7) is 5.63. The van der Waals surface area contributed by atoms with E-state index in [1.165, 1.54) is 12.3 Å². The second-order valence-corrected chi connectivity index (χ2v) is 7.10. The third-order valence-electron chi connectivity index (χ3n) is 4.13. The number of benzene rings is 2. The van der Waals surface area contributed by atoms with Crippen molar-refractivity contribution < 1.29 is 19.4 Å². The fourth-order valence-electron chi connectivity index (χ4n) is 2.64. The predicted molar refractivity (Wildman–Crippen MR) is 112 cm³/mol. The summed E-state index contributed by atoms with van der Waals surface area (Å²) in [5, 5.41) is 16.3. The van der Waals surface area contributed by atoms with Gasteiger partial charge in [0.2, 0.25) is 0 Å². The van der Waals surface area contributed by atoms with Gasteiger partial charge in [0.1, 0.15) is 17.5 Å². The highest BCUT2D eigenvalue weighted by atomic mass is 16.5. The number of aryl methyl sites for hydroxylation is 1. The average Bonchev–Trinajstić information content (AvgIpc) is 2.68. The van der Waals surface area contributed by atoms with Gasteiger partial charge in [-0.2, -0.15) is 5.10 Å². The highest BCUT2D eigenvalue weighted by Gasteiger charge is 2.22. The predicted octanol–water partition coefficient (Wildman–Crippen LogP) is 2.76. The maximum Gasteiger partial charge on any atom is 0.262 e. The number of nitrogens with zero attached hydrogens (tertiary/aromatic N) is 1. The van der Waals surface area contributed by atoms with Crippen LogP contribution in [0.3, 0.4) is 0 Å². The number of amides is 2. The Balaban J connectivity index is 1.93. The maximum atomic E-state index is 12.5. The molecule has 1 atom stereocenters. The fraction of sp³-hybridized carbons (Fsp3) is 0.318. The molecule has 7 heteroatoms. The number of phenolic OH excluding ortho intramolecular Hbond substituents is 1. The molecule has 2 aromatic carbocycles. The van der Waals surface area contributed by atoms with Gasteiger partial charge >= 0.3 is 0 Å². The largest absolute Gasteiger partial charge is 0.507 e. The van der Waals surface area contributed by atoms with Crippen LogP contribution in [0.2, 0.25) is 0 Å². The first-order valence-electron chi connectivity index (χ1n) is 9.45. The van der Waals surface area contributed by atoms with Gasteiger partial charge in [0, 0.05) is 5.56 Å². The van der Waals surface area contributed by atoms with Crippen LogP contribution in [0, 0.1) is 12.8 Å². The Morgan fingerprint density at radius 2 is 1.83 bits per heavy atom. The zero-order valence-corrected chi connectivity index (χ0v) is 16.9. The summed E-state index contributed by atoms with van der Waals surface area (Å²) in [6, 6.07) is 13.3. The monoisotopic (exact) mass is 397 g/mol. The molecule has 0 saturated carbocycles. The van der Waals surface area contributed by atoms with E-state index in [9.17, 15) is 14.7 Å². The average molecular weight is 397 g/mol. The van der Waals surface area contributed by atoms with E-state index in [-0.39, 0.29) is 18.3 Å². The summed E-state index contributed by atoms with van der Waals surface area (Å²) in [7, 11) is 0. The number of phenols is 1. The van der Waals surface area contributed by atoms with E-state index in [1.54, 1.807) is 24.3 Å². The van der Waals surface area contributed by atoms with Crippen LogP contribution in [-0.4, -0.2) is 35.8 Å². The Morgan fingerprint density at radius 1 is 1.14 bits per heavy atom. The minimum absolute atomic E-state index is 0.0610. The Labute approximate surface area is 170 Å². The Morgan fingerprint density at radius 3 is 2.52 bits per heavy atom. The van der Waals surface area contributed by atoms with Gasteiger partial charge in [0.05, 0.1) is 6.21 Å². The number of hydrogen-bond donors (Lipinski definition) is 3. The molecule has 0 aliphatic rings.